The fraction of sp³-hybridized carbons (Fsp3) is 0.471. The van der Waals surface area contributed by atoms with Gasteiger partial charge in [-0.3, -0.25) is 4.68 Å². The summed E-state index contributed by atoms with van der Waals surface area (Å²) in [6.45, 7) is 8.52. The molecule has 0 radical (unpaired) electrons. The van der Waals surface area contributed by atoms with E-state index in [-0.39, 0.29) is 0 Å². The Hall–Kier alpha value is -1.61. The number of aromatic nitrogens is 2. The Labute approximate surface area is 121 Å². The molecular formula is C17H24N2O. The molecule has 1 heterocycles. The molecule has 0 spiro atoms. The van der Waals surface area contributed by atoms with Gasteiger partial charge in [-0.05, 0) is 30.9 Å². The van der Waals surface area contributed by atoms with E-state index in [2.05, 4.69) is 57.1 Å². The summed E-state index contributed by atoms with van der Waals surface area (Å²) in [6.07, 6.45) is 3.82. The summed E-state index contributed by atoms with van der Waals surface area (Å²) >= 11 is 0. The molecule has 0 amide bonds. The van der Waals surface area contributed by atoms with Crippen molar-refractivity contribution in [1.29, 1.82) is 0 Å². The van der Waals surface area contributed by atoms with Gasteiger partial charge in [0.15, 0.2) is 0 Å². The van der Waals surface area contributed by atoms with Gasteiger partial charge in [-0.1, -0.05) is 38.1 Å². The largest absolute Gasteiger partial charge is 0.388 e. The van der Waals surface area contributed by atoms with E-state index in [1.807, 2.05) is 10.9 Å². The molecule has 2 aromatic rings. The van der Waals surface area contributed by atoms with Crippen molar-refractivity contribution in [3.8, 4) is 0 Å². The smallest absolute Gasteiger partial charge is 0.0860 e. The first kappa shape index (κ1) is 14.8. The fourth-order valence-electron chi connectivity index (χ4n) is 2.19. The molecule has 0 bridgehead atoms. The second-order valence-electron chi connectivity index (χ2n) is 5.96. The van der Waals surface area contributed by atoms with Crippen molar-refractivity contribution >= 4 is 0 Å². The Kier molecular flexibility index (Phi) is 4.61. The molecule has 1 unspecified atom stereocenters. The summed E-state index contributed by atoms with van der Waals surface area (Å²) in [6, 6.07) is 8.81. The van der Waals surface area contributed by atoms with Gasteiger partial charge < -0.3 is 5.11 Å². The van der Waals surface area contributed by atoms with Gasteiger partial charge >= 0.3 is 0 Å². The lowest BCUT2D eigenvalue weighted by Gasteiger charge is -2.11. The fourth-order valence-corrected chi connectivity index (χ4v) is 2.19. The summed E-state index contributed by atoms with van der Waals surface area (Å²) in [5.74, 6) is 0.540. The van der Waals surface area contributed by atoms with Crippen LogP contribution in [0, 0.1) is 0 Å². The zero-order valence-electron chi connectivity index (χ0n) is 12.7. The van der Waals surface area contributed by atoms with Crippen LogP contribution in [0.1, 0.15) is 62.4 Å². The molecule has 108 valence electrons. The van der Waals surface area contributed by atoms with E-state index in [9.17, 15) is 5.11 Å². The van der Waals surface area contributed by atoms with Crippen LogP contribution in [0.5, 0.6) is 0 Å². The molecule has 0 saturated carbocycles. The van der Waals surface area contributed by atoms with Crippen LogP contribution < -0.4 is 0 Å². The number of hydrogen-bond acceptors (Lipinski definition) is 2. The van der Waals surface area contributed by atoms with Crippen LogP contribution in [0.2, 0.25) is 0 Å². The zero-order chi connectivity index (χ0) is 14.7. The first-order valence-corrected chi connectivity index (χ1v) is 7.28. The molecule has 1 atom stereocenters. The van der Waals surface area contributed by atoms with Crippen molar-refractivity contribution in [3.05, 3.63) is 53.3 Å². The standard InChI is InChI=1S/C17H24N2O/c1-12(2)15-7-5-14(6-8-15)9-17(20)16-10-18-19(11-16)13(3)4/h5-8,10-13,17,20H,9H2,1-4H3. The van der Waals surface area contributed by atoms with Crippen molar-refractivity contribution in [1.82, 2.24) is 9.78 Å². The van der Waals surface area contributed by atoms with E-state index in [1.165, 1.54) is 5.56 Å². The molecule has 0 fully saturated rings. The quantitative estimate of drug-likeness (QED) is 0.897. The Morgan fingerprint density at radius 3 is 2.20 bits per heavy atom. The number of nitrogens with zero attached hydrogens (tertiary/aromatic N) is 2. The normalized spacial score (nSPS) is 13.2. The number of benzene rings is 1. The maximum Gasteiger partial charge on any atom is 0.0860 e. The number of aliphatic hydroxyl groups excluding tert-OH is 1. The molecule has 3 heteroatoms. The summed E-state index contributed by atoms with van der Waals surface area (Å²) < 4.78 is 1.88. The minimum absolute atomic E-state index is 0.321. The second kappa shape index (κ2) is 6.23. The molecule has 0 saturated heterocycles. The topological polar surface area (TPSA) is 38.1 Å². The molecule has 3 nitrogen and oxygen atoms in total. The van der Waals surface area contributed by atoms with Crippen LogP contribution in [-0.2, 0) is 6.42 Å². The first-order valence-electron chi connectivity index (χ1n) is 7.28. The summed E-state index contributed by atoms with van der Waals surface area (Å²) in [5, 5.41) is 14.6. The van der Waals surface area contributed by atoms with Gasteiger partial charge in [-0.15, -0.1) is 0 Å². The lowest BCUT2D eigenvalue weighted by molar-refractivity contribution is 0.178. The Morgan fingerprint density at radius 1 is 1.05 bits per heavy atom. The van der Waals surface area contributed by atoms with E-state index in [0.29, 0.717) is 18.4 Å². The van der Waals surface area contributed by atoms with Gasteiger partial charge in [0.05, 0.1) is 12.3 Å². The highest BCUT2D eigenvalue weighted by Gasteiger charge is 2.12. The SMILES string of the molecule is CC(C)c1ccc(CC(O)c2cnn(C(C)C)c2)cc1. The molecule has 0 aliphatic rings. The molecule has 1 N–H and O–H groups in total. The molecule has 0 aliphatic carbocycles. The number of hydrogen-bond donors (Lipinski definition) is 1. The highest BCUT2D eigenvalue weighted by atomic mass is 16.3. The van der Waals surface area contributed by atoms with Gasteiger partial charge in [-0.2, -0.15) is 5.10 Å². The van der Waals surface area contributed by atoms with Crippen molar-refractivity contribution in [3.63, 3.8) is 0 Å². The van der Waals surface area contributed by atoms with Gasteiger partial charge in [0.2, 0.25) is 0 Å². The van der Waals surface area contributed by atoms with E-state index >= 15 is 0 Å². The molecule has 20 heavy (non-hydrogen) atoms. The van der Waals surface area contributed by atoms with Crippen LogP contribution in [0.15, 0.2) is 36.7 Å². The maximum atomic E-state index is 10.3. The highest BCUT2D eigenvalue weighted by Crippen LogP contribution is 2.21. The summed E-state index contributed by atoms with van der Waals surface area (Å²) in [5.41, 5.74) is 3.36. The van der Waals surface area contributed by atoms with Crippen molar-refractivity contribution in [2.24, 2.45) is 0 Å². The molecular weight excluding hydrogens is 248 g/mol. The lowest BCUT2D eigenvalue weighted by atomic mass is 9.98. The molecule has 1 aromatic heterocycles. The average molecular weight is 272 g/mol. The van der Waals surface area contributed by atoms with E-state index in [4.69, 9.17) is 0 Å². The van der Waals surface area contributed by atoms with Crippen LogP contribution in [0.3, 0.4) is 0 Å². The summed E-state index contributed by atoms with van der Waals surface area (Å²) in [7, 11) is 0. The van der Waals surface area contributed by atoms with Crippen LogP contribution >= 0.6 is 0 Å². The minimum atomic E-state index is -0.493. The minimum Gasteiger partial charge on any atom is -0.388 e. The van der Waals surface area contributed by atoms with Crippen molar-refractivity contribution in [2.75, 3.05) is 0 Å². The predicted molar refractivity (Wildman–Crippen MR) is 81.8 cm³/mol. The second-order valence-corrected chi connectivity index (χ2v) is 5.96. The third-order valence-electron chi connectivity index (χ3n) is 3.61. The van der Waals surface area contributed by atoms with Crippen molar-refractivity contribution < 1.29 is 5.11 Å². The van der Waals surface area contributed by atoms with Crippen LogP contribution in [0.25, 0.3) is 0 Å². The Bertz CT molecular complexity index is 540. The number of rotatable bonds is 5. The van der Waals surface area contributed by atoms with E-state index in [0.717, 1.165) is 11.1 Å². The third-order valence-corrected chi connectivity index (χ3v) is 3.61. The monoisotopic (exact) mass is 272 g/mol. The van der Waals surface area contributed by atoms with Gasteiger partial charge in [0.1, 0.15) is 0 Å². The number of aliphatic hydroxyl groups is 1. The first-order chi connectivity index (χ1) is 9.47. The van der Waals surface area contributed by atoms with Crippen LogP contribution in [-0.4, -0.2) is 14.9 Å². The lowest BCUT2D eigenvalue weighted by Crippen LogP contribution is -2.02. The molecule has 2 rings (SSSR count). The zero-order valence-corrected chi connectivity index (χ0v) is 12.7. The van der Waals surface area contributed by atoms with E-state index in [1.54, 1.807) is 6.20 Å². The predicted octanol–water partition coefficient (Wildman–Crippen LogP) is 3.86. The highest BCUT2D eigenvalue weighted by molar-refractivity contribution is 5.26. The van der Waals surface area contributed by atoms with Crippen LogP contribution in [0.4, 0.5) is 0 Å². The molecule has 0 aliphatic heterocycles. The third kappa shape index (κ3) is 3.48. The van der Waals surface area contributed by atoms with Gasteiger partial charge in [-0.25, -0.2) is 0 Å². The van der Waals surface area contributed by atoms with Gasteiger partial charge in [0, 0.05) is 24.2 Å². The van der Waals surface area contributed by atoms with Gasteiger partial charge in [0.25, 0.3) is 0 Å². The Balaban J connectivity index is 2.04. The summed E-state index contributed by atoms with van der Waals surface area (Å²) in [4.78, 5) is 0. The Morgan fingerprint density at radius 2 is 1.70 bits per heavy atom. The van der Waals surface area contributed by atoms with E-state index < -0.39 is 6.10 Å². The van der Waals surface area contributed by atoms with Crippen molar-refractivity contribution in [2.45, 2.75) is 52.2 Å². The maximum absolute atomic E-state index is 10.3. The molecule has 1 aromatic carbocycles. The average Bonchev–Trinajstić information content (AvgIpc) is 2.89.